The number of carboxylic acids is 1. The molecule has 0 aliphatic heterocycles. The summed E-state index contributed by atoms with van der Waals surface area (Å²) in [5.41, 5.74) is 5.73. The lowest BCUT2D eigenvalue weighted by atomic mass is 10.2. The van der Waals surface area contributed by atoms with Gasteiger partial charge in [-0.25, -0.2) is 4.39 Å². The van der Waals surface area contributed by atoms with E-state index < -0.39 is 17.8 Å². The molecule has 1 aromatic carbocycles. The van der Waals surface area contributed by atoms with Crippen LogP contribution in [0.5, 0.6) is 5.75 Å². The number of rotatable bonds is 5. The first-order valence-electron chi connectivity index (χ1n) is 4.60. The van der Waals surface area contributed by atoms with Gasteiger partial charge in [0.1, 0.15) is 6.04 Å². The van der Waals surface area contributed by atoms with Gasteiger partial charge >= 0.3 is 5.97 Å². The van der Waals surface area contributed by atoms with Crippen molar-refractivity contribution in [1.29, 1.82) is 0 Å². The Kier molecular flexibility index (Phi) is 4.07. The number of halogens is 1. The maximum atomic E-state index is 13.2. The molecule has 0 radical (unpaired) electrons. The molecule has 0 saturated carbocycles. The van der Waals surface area contributed by atoms with Gasteiger partial charge in [-0.2, -0.15) is 0 Å². The average Bonchev–Trinajstić information content (AvgIpc) is 2.25. The van der Waals surface area contributed by atoms with Crippen LogP contribution in [0.15, 0.2) is 18.2 Å². The fourth-order valence-electron chi connectivity index (χ4n) is 1.09. The summed E-state index contributed by atoms with van der Waals surface area (Å²) < 4.78 is 18.0. The molecule has 4 N–H and O–H groups in total. The van der Waals surface area contributed by atoms with Gasteiger partial charge in [0, 0.05) is 18.3 Å². The third-order valence-corrected chi connectivity index (χ3v) is 2.00. The van der Waals surface area contributed by atoms with Gasteiger partial charge in [-0.15, -0.1) is 0 Å². The lowest BCUT2D eigenvalue weighted by Crippen LogP contribution is -2.36. The topological polar surface area (TPSA) is 84.6 Å². The Morgan fingerprint density at radius 2 is 2.38 bits per heavy atom. The fraction of sp³-hybridized carbons (Fsp3) is 0.300. The van der Waals surface area contributed by atoms with Crippen LogP contribution in [-0.2, 0) is 4.79 Å². The smallest absolute Gasteiger partial charge is 0.322 e. The number of hydrogen-bond acceptors (Lipinski definition) is 4. The van der Waals surface area contributed by atoms with E-state index in [1.54, 1.807) is 6.07 Å². The monoisotopic (exact) mass is 228 g/mol. The van der Waals surface area contributed by atoms with Gasteiger partial charge in [0.15, 0.2) is 11.6 Å². The maximum absolute atomic E-state index is 13.2. The lowest BCUT2D eigenvalue weighted by Gasteiger charge is -2.10. The molecule has 0 heterocycles. The highest BCUT2D eigenvalue weighted by atomic mass is 19.1. The minimum Gasteiger partial charge on any atom is -0.494 e. The SMILES string of the molecule is COc1ccc(NCC(N)C(=O)O)cc1F. The van der Waals surface area contributed by atoms with Crippen LogP contribution in [0.3, 0.4) is 0 Å². The van der Waals surface area contributed by atoms with E-state index in [9.17, 15) is 9.18 Å². The Balaban J connectivity index is 2.62. The molecule has 16 heavy (non-hydrogen) atoms. The molecule has 0 fully saturated rings. The summed E-state index contributed by atoms with van der Waals surface area (Å²) in [6, 6.07) is 3.22. The summed E-state index contributed by atoms with van der Waals surface area (Å²) in [7, 11) is 1.37. The number of aliphatic carboxylic acids is 1. The van der Waals surface area contributed by atoms with Gasteiger partial charge in [0.25, 0.3) is 0 Å². The van der Waals surface area contributed by atoms with Crippen molar-refractivity contribution in [2.45, 2.75) is 6.04 Å². The van der Waals surface area contributed by atoms with E-state index in [4.69, 9.17) is 15.6 Å². The molecular weight excluding hydrogens is 215 g/mol. The van der Waals surface area contributed by atoms with Crippen molar-refractivity contribution in [1.82, 2.24) is 0 Å². The number of carboxylic acid groups (broad SMARTS) is 1. The van der Waals surface area contributed by atoms with E-state index >= 15 is 0 Å². The predicted octanol–water partition coefficient (Wildman–Crippen LogP) is 0.658. The Labute approximate surface area is 92.0 Å². The van der Waals surface area contributed by atoms with Gasteiger partial charge in [-0.1, -0.05) is 0 Å². The van der Waals surface area contributed by atoms with Crippen molar-refractivity contribution in [3.8, 4) is 5.75 Å². The third-order valence-electron chi connectivity index (χ3n) is 2.00. The second-order valence-electron chi connectivity index (χ2n) is 3.17. The van der Waals surface area contributed by atoms with Gasteiger partial charge in [-0.3, -0.25) is 4.79 Å². The number of ether oxygens (including phenoxy) is 1. The highest BCUT2D eigenvalue weighted by Gasteiger charge is 2.11. The highest BCUT2D eigenvalue weighted by Crippen LogP contribution is 2.20. The lowest BCUT2D eigenvalue weighted by molar-refractivity contribution is -0.138. The number of benzene rings is 1. The van der Waals surface area contributed by atoms with Crippen LogP contribution in [0.25, 0.3) is 0 Å². The van der Waals surface area contributed by atoms with E-state index in [2.05, 4.69) is 5.32 Å². The van der Waals surface area contributed by atoms with Crippen molar-refractivity contribution in [3.05, 3.63) is 24.0 Å². The zero-order valence-electron chi connectivity index (χ0n) is 8.74. The molecule has 0 spiro atoms. The normalized spacial score (nSPS) is 11.9. The summed E-state index contributed by atoms with van der Waals surface area (Å²) in [5, 5.41) is 11.3. The second kappa shape index (κ2) is 5.32. The summed E-state index contributed by atoms with van der Waals surface area (Å²) in [5.74, 6) is -1.49. The van der Waals surface area contributed by atoms with Crippen LogP contribution in [0.4, 0.5) is 10.1 Å². The van der Waals surface area contributed by atoms with Crippen molar-refractivity contribution in [2.24, 2.45) is 5.73 Å². The van der Waals surface area contributed by atoms with Crippen LogP contribution in [0.2, 0.25) is 0 Å². The predicted molar refractivity (Wildman–Crippen MR) is 57.1 cm³/mol. The number of nitrogens with one attached hydrogen (secondary N) is 1. The fourth-order valence-corrected chi connectivity index (χ4v) is 1.09. The van der Waals surface area contributed by atoms with Crippen molar-refractivity contribution >= 4 is 11.7 Å². The van der Waals surface area contributed by atoms with Gasteiger partial charge in [0.05, 0.1) is 7.11 Å². The van der Waals surface area contributed by atoms with Gasteiger partial charge < -0.3 is 20.9 Å². The van der Waals surface area contributed by atoms with Crippen LogP contribution in [-0.4, -0.2) is 30.8 Å². The van der Waals surface area contributed by atoms with Crippen LogP contribution in [0, 0.1) is 5.82 Å². The van der Waals surface area contributed by atoms with Crippen molar-refractivity contribution < 1.29 is 19.0 Å². The molecule has 0 aromatic heterocycles. The molecule has 0 saturated heterocycles. The van der Waals surface area contributed by atoms with E-state index in [0.717, 1.165) is 0 Å². The summed E-state index contributed by atoms with van der Waals surface area (Å²) in [6.45, 7) is 0.0289. The molecule has 1 aromatic rings. The Hall–Kier alpha value is -1.82. The number of anilines is 1. The Bertz CT molecular complexity index is 384. The second-order valence-corrected chi connectivity index (χ2v) is 3.17. The van der Waals surface area contributed by atoms with Crippen molar-refractivity contribution in [2.75, 3.05) is 19.0 Å². The third kappa shape index (κ3) is 3.09. The van der Waals surface area contributed by atoms with Crippen LogP contribution >= 0.6 is 0 Å². The van der Waals surface area contributed by atoms with Crippen LogP contribution in [0.1, 0.15) is 0 Å². The van der Waals surface area contributed by atoms with Crippen molar-refractivity contribution in [3.63, 3.8) is 0 Å². The van der Waals surface area contributed by atoms with Crippen LogP contribution < -0.4 is 15.8 Å². The zero-order chi connectivity index (χ0) is 12.1. The van der Waals surface area contributed by atoms with Gasteiger partial charge in [-0.05, 0) is 12.1 Å². The molecule has 6 heteroatoms. The zero-order valence-corrected chi connectivity index (χ0v) is 8.74. The summed E-state index contributed by atoms with van der Waals surface area (Å²) in [6.07, 6.45) is 0. The standard InChI is InChI=1S/C10H13FN2O3/c1-16-9-3-2-6(4-7(9)11)13-5-8(12)10(14)15/h2-4,8,13H,5,12H2,1H3,(H,14,15). The highest BCUT2D eigenvalue weighted by molar-refractivity contribution is 5.74. The maximum Gasteiger partial charge on any atom is 0.322 e. The molecular formula is C10H13FN2O3. The molecule has 0 bridgehead atoms. The average molecular weight is 228 g/mol. The number of methoxy groups -OCH3 is 1. The first-order chi connectivity index (χ1) is 7.54. The molecule has 0 aliphatic carbocycles. The van der Waals surface area contributed by atoms with E-state index in [-0.39, 0.29) is 12.3 Å². The number of carbonyl (C=O) groups is 1. The van der Waals surface area contributed by atoms with E-state index in [1.165, 1.54) is 19.2 Å². The first-order valence-corrected chi connectivity index (χ1v) is 4.60. The van der Waals surface area contributed by atoms with E-state index in [1.807, 2.05) is 0 Å². The van der Waals surface area contributed by atoms with Gasteiger partial charge in [0.2, 0.25) is 0 Å². The molecule has 1 atom stereocenters. The Morgan fingerprint density at radius 3 is 2.88 bits per heavy atom. The number of hydrogen-bond donors (Lipinski definition) is 3. The Morgan fingerprint density at radius 1 is 1.69 bits per heavy atom. The molecule has 0 aliphatic rings. The van der Waals surface area contributed by atoms with E-state index in [0.29, 0.717) is 5.69 Å². The summed E-state index contributed by atoms with van der Waals surface area (Å²) >= 11 is 0. The minimum atomic E-state index is -1.11. The minimum absolute atomic E-state index is 0.0289. The number of nitrogens with two attached hydrogens (primary N) is 1. The molecule has 1 unspecified atom stereocenters. The summed E-state index contributed by atoms with van der Waals surface area (Å²) in [4.78, 5) is 10.4. The first kappa shape index (κ1) is 12.3. The molecule has 0 amide bonds. The molecule has 88 valence electrons. The molecule has 1 rings (SSSR count). The quantitative estimate of drug-likeness (QED) is 0.689. The molecule has 5 nitrogen and oxygen atoms in total. The largest absolute Gasteiger partial charge is 0.494 e.